The van der Waals surface area contributed by atoms with Gasteiger partial charge in [-0.25, -0.2) is 8.42 Å². The first kappa shape index (κ1) is 15.0. The first-order valence-electron chi connectivity index (χ1n) is 5.34. The van der Waals surface area contributed by atoms with Gasteiger partial charge in [-0.1, -0.05) is 22.9 Å². The zero-order valence-electron chi connectivity index (χ0n) is 9.57. The number of hydrogen-bond donors (Lipinski definition) is 0. The predicted octanol–water partition coefficient (Wildman–Crippen LogP) is 3.09. The summed E-state index contributed by atoms with van der Waals surface area (Å²) in [6.45, 7) is 2.78. The topological polar surface area (TPSA) is 37.4 Å². The molecule has 0 spiro atoms. The van der Waals surface area contributed by atoms with Crippen LogP contribution in [-0.4, -0.2) is 31.7 Å². The normalized spacial score (nSPS) is 12.0. The number of hydrogen-bond acceptors (Lipinski definition) is 2. The van der Waals surface area contributed by atoms with E-state index in [4.69, 9.17) is 11.6 Å². The first-order valence-corrected chi connectivity index (χ1v) is 8.10. The Bertz CT molecular complexity index is 441. The number of nitrogens with zero attached hydrogens (tertiary/aromatic N) is 1. The molecule has 0 aliphatic rings. The number of sulfonamides is 1. The molecule has 96 valence electrons. The molecule has 1 aromatic carbocycles. The minimum atomic E-state index is -3.41. The Labute approximate surface area is 116 Å². The number of rotatable bonds is 6. The van der Waals surface area contributed by atoms with Crippen molar-refractivity contribution in [3.05, 3.63) is 28.7 Å². The van der Waals surface area contributed by atoms with Crippen LogP contribution in [0.1, 0.15) is 13.3 Å². The molecule has 0 radical (unpaired) electrons. The van der Waals surface area contributed by atoms with Crippen LogP contribution in [0.5, 0.6) is 0 Å². The molecule has 6 heteroatoms. The second kappa shape index (κ2) is 6.73. The van der Waals surface area contributed by atoms with E-state index >= 15 is 0 Å². The number of halogens is 2. The summed E-state index contributed by atoms with van der Waals surface area (Å²) < 4.78 is 26.8. The maximum atomic E-state index is 12.3. The molecule has 0 aliphatic carbocycles. The Hall–Kier alpha value is -0.100. The summed E-state index contributed by atoms with van der Waals surface area (Å²) in [7, 11) is -3.41. The smallest absolute Gasteiger partial charge is 0.207 e. The van der Waals surface area contributed by atoms with Crippen LogP contribution in [0.15, 0.2) is 33.6 Å². The van der Waals surface area contributed by atoms with Crippen LogP contribution in [0.4, 0.5) is 0 Å². The lowest BCUT2D eigenvalue weighted by Crippen LogP contribution is -2.33. The van der Waals surface area contributed by atoms with Gasteiger partial charge in [0.25, 0.3) is 0 Å². The fraction of sp³-hybridized carbons (Fsp3) is 0.455. The molecule has 0 amide bonds. The van der Waals surface area contributed by atoms with E-state index in [-0.39, 0.29) is 0 Å². The van der Waals surface area contributed by atoms with E-state index in [1.165, 1.54) is 4.31 Å². The fourth-order valence-electron chi connectivity index (χ4n) is 1.45. The van der Waals surface area contributed by atoms with Crippen molar-refractivity contribution in [1.29, 1.82) is 0 Å². The van der Waals surface area contributed by atoms with Crippen LogP contribution in [0.25, 0.3) is 0 Å². The number of benzene rings is 1. The van der Waals surface area contributed by atoms with Crippen molar-refractivity contribution in [1.82, 2.24) is 4.31 Å². The van der Waals surface area contributed by atoms with Crippen molar-refractivity contribution in [2.75, 3.05) is 19.0 Å². The second-order valence-corrected chi connectivity index (χ2v) is 6.78. The van der Waals surface area contributed by atoms with E-state index < -0.39 is 10.0 Å². The van der Waals surface area contributed by atoms with E-state index in [0.29, 0.717) is 23.9 Å². The maximum absolute atomic E-state index is 12.3. The van der Waals surface area contributed by atoms with Gasteiger partial charge in [-0.05, 0) is 30.7 Å². The lowest BCUT2D eigenvalue weighted by atomic mass is 10.4. The van der Waals surface area contributed by atoms with Crippen molar-refractivity contribution in [2.45, 2.75) is 18.2 Å². The molecular weight excluding hydrogens is 326 g/mol. The van der Waals surface area contributed by atoms with Gasteiger partial charge in [-0.2, -0.15) is 4.31 Å². The molecule has 3 nitrogen and oxygen atoms in total. The minimum absolute atomic E-state index is 0.301. The first-order chi connectivity index (χ1) is 8.02. The third-order valence-electron chi connectivity index (χ3n) is 2.26. The summed E-state index contributed by atoms with van der Waals surface area (Å²) in [5.41, 5.74) is 0. The van der Waals surface area contributed by atoms with Gasteiger partial charge in [0.15, 0.2) is 0 Å². The molecule has 0 atom stereocenters. The van der Waals surface area contributed by atoms with Crippen molar-refractivity contribution >= 4 is 37.6 Å². The highest BCUT2D eigenvalue weighted by Gasteiger charge is 2.22. The zero-order valence-corrected chi connectivity index (χ0v) is 12.7. The van der Waals surface area contributed by atoms with Gasteiger partial charge in [0.2, 0.25) is 10.0 Å². The Kier molecular flexibility index (Phi) is 5.92. The molecule has 0 heterocycles. The van der Waals surface area contributed by atoms with Crippen molar-refractivity contribution in [2.24, 2.45) is 0 Å². The SMILES string of the molecule is CCCN(CCCl)S(=O)(=O)c1ccc(Br)cc1. The Balaban J connectivity index is 3.02. The maximum Gasteiger partial charge on any atom is 0.243 e. The molecule has 0 saturated carbocycles. The van der Waals surface area contributed by atoms with E-state index in [2.05, 4.69) is 15.9 Å². The van der Waals surface area contributed by atoms with Gasteiger partial charge >= 0.3 is 0 Å². The van der Waals surface area contributed by atoms with Crippen molar-refractivity contribution < 1.29 is 8.42 Å². The van der Waals surface area contributed by atoms with Gasteiger partial charge in [0, 0.05) is 23.4 Å². The van der Waals surface area contributed by atoms with Gasteiger partial charge < -0.3 is 0 Å². The summed E-state index contributed by atoms with van der Waals surface area (Å²) in [6, 6.07) is 6.63. The largest absolute Gasteiger partial charge is 0.243 e. The molecule has 0 saturated heterocycles. The zero-order chi connectivity index (χ0) is 12.9. The molecule has 0 fully saturated rings. The highest BCUT2D eigenvalue weighted by molar-refractivity contribution is 9.10. The Morgan fingerprint density at radius 2 is 1.82 bits per heavy atom. The molecule has 0 N–H and O–H groups in total. The summed E-state index contributed by atoms with van der Waals surface area (Å²) in [4.78, 5) is 0.305. The number of alkyl halides is 1. The third-order valence-corrected chi connectivity index (χ3v) is 4.87. The van der Waals surface area contributed by atoms with E-state index in [1.54, 1.807) is 24.3 Å². The molecule has 0 unspecified atom stereocenters. The molecule has 1 rings (SSSR count). The average Bonchev–Trinajstić information content (AvgIpc) is 2.29. The van der Waals surface area contributed by atoms with Gasteiger partial charge in [0.05, 0.1) is 4.90 Å². The van der Waals surface area contributed by atoms with Gasteiger partial charge in [0.1, 0.15) is 0 Å². The van der Waals surface area contributed by atoms with Gasteiger partial charge in [-0.3, -0.25) is 0 Å². The fourth-order valence-corrected chi connectivity index (χ4v) is 3.55. The lowest BCUT2D eigenvalue weighted by Gasteiger charge is -2.20. The molecule has 0 aromatic heterocycles. The molecule has 0 aliphatic heterocycles. The predicted molar refractivity (Wildman–Crippen MR) is 73.9 cm³/mol. The summed E-state index contributed by atoms with van der Waals surface area (Å²) >= 11 is 8.92. The summed E-state index contributed by atoms with van der Waals surface area (Å²) in [6.07, 6.45) is 0.770. The minimum Gasteiger partial charge on any atom is -0.207 e. The van der Waals surface area contributed by atoms with E-state index in [0.717, 1.165) is 10.9 Å². The quantitative estimate of drug-likeness (QED) is 0.746. The highest BCUT2D eigenvalue weighted by atomic mass is 79.9. The summed E-state index contributed by atoms with van der Waals surface area (Å²) in [5, 5.41) is 0. The van der Waals surface area contributed by atoms with Crippen LogP contribution in [0, 0.1) is 0 Å². The third kappa shape index (κ3) is 3.95. The van der Waals surface area contributed by atoms with Crippen molar-refractivity contribution in [3.8, 4) is 0 Å². The van der Waals surface area contributed by atoms with Crippen LogP contribution < -0.4 is 0 Å². The van der Waals surface area contributed by atoms with Crippen LogP contribution in [0.2, 0.25) is 0 Å². The van der Waals surface area contributed by atoms with Crippen LogP contribution in [-0.2, 0) is 10.0 Å². The van der Waals surface area contributed by atoms with E-state index in [9.17, 15) is 8.42 Å². The Morgan fingerprint density at radius 1 is 1.24 bits per heavy atom. The second-order valence-electron chi connectivity index (χ2n) is 3.55. The molecular formula is C11H15BrClNO2S. The lowest BCUT2D eigenvalue weighted by molar-refractivity contribution is 0.428. The van der Waals surface area contributed by atoms with Crippen LogP contribution >= 0.6 is 27.5 Å². The molecule has 0 bridgehead atoms. The average molecular weight is 341 g/mol. The van der Waals surface area contributed by atoms with Crippen LogP contribution in [0.3, 0.4) is 0 Å². The van der Waals surface area contributed by atoms with E-state index in [1.807, 2.05) is 6.92 Å². The molecule has 1 aromatic rings. The molecule has 17 heavy (non-hydrogen) atoms. The van der Waals surface area contributed by atoms with Gasteiger partial charge in [-0.15, -0.1) is 11.6 Å². The monoisotopic (exact) mass is 339 g/mol. The van der Waals surface area contributed by atoms with Crippen molar-refractivity contribution in [3.63, 3.8) is 0 Å². The standard InChI is InChI=1S/C11H15BrClNO2S/c1-2-8-14(9-7-13)17(15,16)11-5-3-10(12)4-6-11/h3-6H,2,7-9H2,1H3. The summed E-state index contributed by atoms with van der Waals surface area (Å²) in [5.74, 6) is 0.301. The Morgan fingerprint density at radius 3 is 2.29 bits per heavy atom. The highest BCUT2D eigenvalue weighted by Crippen LogP contribution is 2.19.